The van der Waals surface area contributed by atoms with Crippen molar-refractivity contribution in [2.45, 2.75) is 39.9 Å². The molecule has 1 amide bonds. The van der Waals surface area contributed by atoms with Gasteiger partial charge >= 0.3 is 5.97 Å². The normalized spacial score (nSPS) is 16.4. The van der Waals surface area contributed by atoms with Crippen molar-refractivity contribution in [2.75, 3.05) is 13.1 Å². The maximum absolute atomic E-state index is 11.4. The molecule has 4 heterocycles. The summed E-state index contributed by atoms with van der Waals surface area (Å²) < 4.78 is 6.24. The molecule has 1 N–H and O–H groups in total. The molecule has 1 fully saturated rings. The van der Waals surface area contributed by atoms with E-state index in [1.54, 1.807) is 16.2 Å². The number of carboxylic acids is 1. The van der Waals surface area contributed by atoms with Crippen LogP contribution in [-0.2, 0) is 29.2 Å². The van der Waals surface area contributed by atoms with Crippen LogP contribution in [0.25, 0.3) is 44.3 Å². The quantitative estimate of drug-likeness (QED) is 0.220. The van der Waals surface area contributed by atoms with Crippen LogP contribution in [0.1, 0.15) is 39.2 Å². The van der Waals surface area contributed by atoms with Crippen LogP contribution in [0, 0.1) is 31.1 Å². The molecule has 2 aromatic heterocycles. The number of benzene rings is 3. The Labute approximate surface area is 258 Å². The number of oxazole rings is 1. The fourth-order valence-corrected chi connectivity index (χ4v) is 7.57. The van der Waals surface area contributed by atoms with Gasteiger partial charge in [-0.2, -0.15) is 5.26 Å². The van der Waals surface area contributed by atoms with Crippen molar-refractivity contribution >= 4 is 34.8 Å². The Bertz CT molecular complexity index is 1980. The number of amides is 1. The zero-order chi connectivity index (χ0) is 30.5. The first-order valence-corrected chi connectivity index (χ1v) is 15.3. The molecular formula is C34H29N5O4S. The average molecular weight is 604 g/mol. The minimum absolute atomic E-state index is 0.357. The van der Waals surface area contributed by atoms with Crippen molar-refractivity contribution in [3.05, 3.63) is 81.4 Å². The SMILES string of the molecule is Cc1c(-c2nc3cc(CN4CC[C@@H](C(=O)O)C4)cc(C#N)c3o2)cccc1-c1cccc(-c2nc3c(s2)CN(C=O)C3)c1C. The molecule has 0 bridgehead atoms. The van der Waals surface area contributed by atoms with Crippen LogP contribution in [0.2, 0.25) is 0 Å². The Hall–Kier alpha value is -4.85. The van der Waals surface area contributed by atoms with Gasteiger partial charge in [-0.25, -0.2) is 9.97 Å². The highest BCUT2D eigenvalue weighted by Crippen LogP contribution is 2.40. The Morgan fingerprint density at radius 1 is 1.09 bits per heavy atom. The van der Waals surface area contributed by atoms with Gasteiger partial charge in [-0.05, 0) is 72.8 Å². The van der Waals surface area contributed by atoms with E-state index in [0.717, 1.165) is 60.9 Å². The topological polar surface area (TPSA) is 124 Å². The van der Waals surface area contributed by atoms with Gasteiger partial charge in [0.25, 0.3) is 0 Å². The third-order valence-electron chi connectivity index (χ3n) is 8.74. The van der Waals surface area contributed by atoms with Crippen LogP contribution in [0.15, 0.2) is 52.9 Å². The van der Waals surface area contributed by atoms with E-state index in [9.17, 15) is 20.0 Å². The molecule has 0 spiro atoms. The molecule has 0 saturated carbocycles. The number of carbonyl (C=O) groups is 2. The Kier molecular flexibility index (Phi) is 6.99. The van der Waals surface area contributed by atoms with E-state index in [2.05, 4.69) is 43.0 Å². The highest BCUT2D eigenvalue weighted by molar-refractivity contribution is 7.15. The average Bonchev–Trinajstić information content (AvgIpc) is 3.80. The molecule has 5 aromatic rings. The van der Waals surface area contributed by atoms with Gasteiger partial charge in [0, 0.05) is 29.1 Å². The molecule has 0 radical (unpaired) electrons. The number of carbonyl (C=O) groups excluding carboxylic acids is 1. The van der Waals surface area contributed by atoms with Gasteiger partial charge in [0.1, 0.15) is 16.6 Å². The van der Waals surface area contributed by atoms with Gasteiger partial charge in [-0.3, -0.25) is 14.5 Å². The van der Waals surface area contributed by atoms with E-state index >= 15 is 0 Å². The summed E-state index contributed by atoms with van der Waals surface area (Å²) in [6.45, 7) is 7.09. The van der Waals surface area contributed by atoms with E-state index in [1.807, 2.05) is 30.3 Å². The summed E-state index contributed by atoms with van der Waals surface area (Å²) in [6.07, 6.45) is 1.50. The van der Waals surface area contributed by atoms with Crippen molar-refractivity contribution in [1.29, 1.82) is 5.26 Å². The lowest BCUT2D eigenvalue weighted by Crippen LogP contribution is -2.22. The van der Waals surface area contributed by atoms with Crippen LogP contribution >= 0.6 is 11.3 Å². The Morgan fingerprint density at radius 2 is 1.82 bits per heavy atom. The molecule has 7 rings (SSSR count). The molecule has 9 nitrogen and oxygen atoms in total. The minimum Gasteiger partial charge on any atom is -0.481 e. The second-order valence-electron chi connectivity index (χ2n) is 11.5. The Balaban J connectivity index is 1.22. The van der Waals surface area contributed by atoms with E-state index in [4.69, 9.17) is 14.4 Å². The van der Waals surface area contributed by atoms with Gasteiger partial charge in [0.2, 0.25) is 12.3 Å². The largest absolute Gasteiger partial charge is 0.481 e. The van der Waals surface area contributed by atoms with E-state index < -0.39 is 5.97 Å². The van der Waals surface area contributed by atoms with Crippen LogP contribution < -0.4 is 0 Å². The minimum atomic E-state index is -0.764. The predicted molar refractivity (Wildman–Crippen MR) is 167 cm³/mol. The smallest absolute Gasteiger partial charge is 0.307 e. The standard InChI is InChI=1S/C34H29N5O4S/c1-19-24(25-6-4-8-27(20(25)2)33-37-29-16-39(18-40)17-30(29)44-33)5-3-7-26(19)32-36-28-12-21(11-23(13-35)31(28)43-32)14-38-10-9-22(15-38)34(41)42/h3-8,11-12,18,22H,9-10,14-17H2,1-2H3,(H,41,42)/t22-/m1/s1. The molecule has 2 aliphatic heterocycles. The molecule has 1 saturated heterocycles. The summed E-state index contributed by atoms with van der Waals surface area (Å²) in [5, 5.41) is 20.2. The number of nitrogens with zero attached hydrogens (tertiary/aromatic N) is 5. The number of nitriles is 1. The maximum Gasteiger partial charge on any atom is 0.307 e. The molecular weight excluding hydrogens is 574 g/mol. The third-order valence-corrected chi connectivity index (χ3v) is 9.86. The second kappa shape index (κ2) is 11.0. The number of rotatable bonds is 7. The highest BCUT2D eigenvalue weighted by atomic mass is 32.1. The first kappa shape index (κ1) is 28.0. The van der Waals surface area contributed by atoms with E-state index in [-0.39, 0.29) is 5.92 Å². The van der Waals surface area contributed by atoms with Crippen molar-refractivity contribution in [1.82, 2.24) is 19.8 Å². The fraction of sp³-hybridized carbons (Fsp3) is 0.265. The molecule has 44 heavy (non-hydrogen) atoms. The Morgan fingerprint density at radius 3 is 2.50 bits per heavy atom. The van der Waals surface area contributed by atoms with Crippen molar-refractivity contribution in [3.8, 4) is 39.2 Å². The lowest BCUT2D eigenvalue weighted by molar-refractivity contribution is -0.141. The summed E-state index contributed by atoms with van der Waals surface area (Å²) in [7, 11) is 0. The van der Waals surface area contributed by atoms with Crippen LogP contribution in [0.5, 0.6) is 0 Å². The number of thiazole rings is 1. The number of fused-ring (bicyclic) bond motifs is 2. The highest BCUT2D eigenvalue weighted by Gasteiger charge is 2.28. The van der Waals surface area contributed by atoms with Crippen LogP contribution in [-0.4, -0.2) is 50.3 Å². The van der Waals surface area contributed by atoms with Crippen molar-refractivity contribution in [3.63, 3.8) is 0 Å². The predicted octanol–water partition coefficient (Wildman–Crippen LogP) is 6.15. The lowest BCUT2D eigenvalue weighted by atomic mass is 9.91. The van der Waals surface area contributed by atoms with Gasteiger partial charge in [0.05, 0.1) is 30.3 Å². The van der Waals surface area contributed by atoms with Crippen LogP contribution in [0.3, 0.4) is 0 Å². The maximum atomic E-state index is 11.4. The summed E-state index contributed by atoms with van der Waals surface area (Å²) in [4.78, 5) is 37.3. The van der Waals surface area contributed by atoms with Crippen molar-refractivity contribution < 1.29 is 19.1 Å². The van der Waals surface area contributed by atoms with E-state index in [0.29, 0.717) is 61.7 Å². The zero-order valence-electron chi connectivity index (χ0n) is 24.3. The molecule has 0 aliphatic carbocycles. The van der Waals surface area contributed by atoms with Gasteiger partial charge < -0.3 is 14.4 Å². The first-order valence-electron chi connectivity index (χ1n) is 14.5. The number of aromatic nitrogens is 2. The molecule has 2 aliphatic rings. The lowest BCUT2D eigenvalue weighted by Gasteiger charge is -2.15. The fourth-order valence-electron chi connectivity index (χ4n) is 6.39. The first-order chi connectivity index (χ1) is 21.3. The van der Waals surface area contributed by atoms with Gasteiger partial charge in [-0.15, -0.1) is 11.3 Å². The summed E-state index contributed by atoms with van der Waals surface area (Å²) >= 11 is 1.64. The third kappa shape index (κ3) is 4.84. The monoisotopic (exact) mass is 603 g/mol. The van der Waals surface area contributed by atoms with Gasteiger partial charge in [-0.1, -0.05) is 30.3 Å². The molecule has 1 atom stereocenters. The number of hydrogen-bond donors (Lipinski definition) is 1. The molecule has 3 aromatic carbocycles. The molecule has 220 valence electrons. The number of hydrogen-bond acceptors (Lipinski definition) is 8. The molecule has 0 unspecified atom stereocenters. The van der Waals surface area contributed by atoms with Gasteiger partial charge in [0.15, 0.2) is 5.58 Å². The molecule has 10 heteroatoms. The number of carboxylic acid groups (broad SMARTS) is 1. The zero-order valence-corrected chi connectivity index (χ0v) is 25.1. The van der Waals surface area contributed by atoms with Crippen LogP contribution in [0.4, 0.5) is 0 Å². The summed E-state index contributed by atoms with van der Waals surface area (Å²) in [5.74, 6) is -0.672. The summed E-state index contributed by atoms with van der Waals surface area (Å²) in [5.41, 5.74) is 9.55. The summed E-state index contributed by atoms with van der Waals surface area (Å²) in [6, 6.07) is 18.3. The second-order valence-corrected chi connectivity index (χ2v) is 12.6. The van der Waals surface area contributed by atoms with E-state index in [1.165, 1.54) is 0 Å². The van der Waals surface area contributed by atoms with Crippen molar-refractivity contribution in [2.24, 2.45) is 5.92 Å². The number of aliphatic carboxylic acids is 1. The number of likely N-dealkylation sites (tertiary alicyclic amines) is 1.